The Bertz CT molecular complexity index is 409. The first-order valence-corrected chi connectivity index (χ1v) is 6.26. The number of carbonyl (C=O) groups excluding carboxylic acids is 1. The lowest BCUT2D eigenvalue weighted by molar-refractivity contribution is -0.144. The molecule has 0 spiro atoms. The number of hydrogen-bond donors (Lipinski definition) is 1. The number of esters is 1. The first-order valence-electron chi connectivity index (χ1n) is 5.89. The van der Waals surface area contributed by atoms with Gasteiger partial charge in [-0.15, -0.1) is 0 Å². The van der Waals surface area contributed by atoms with E-state index in [-0.39, 0.29) is 12.0 Å². The number of hydrogen-bond acceptors (Lipinski definition) is 4. The van der Waals surface area contributed by atoms with Crippen LogP contribution < -0.4 is 10.1 Å². The molecule has 1 rings (SSSR count). The molecule has 0 saturated carbocycles. The third-order valence-corrected chi connectivity index (χ3v) is 2.78. The summed E-state index contributed by atoms with van der Waals surface area (Å²) in [5.41, 5.74) is 0.774. The van der Waals surface area contributed by atoms with Crippen LogP contribution in [0, 0.1) is 0 Å². The van der Waals surface area contributed by atoms with Gasteiger partial charge in [-0.05, 0) is 25.5 Å². The van der Waals surface area contributed by atoms with E-state index in [9.17, 15) is 4.79 Å². The largest absolute Gasteiger partial charge is 0.495 e. The van der Waals surface area contributed by atoms with Gasteiger partial charge in [-0.25, -0.2) is 4.79 Å². The Labute approximate surface area is 112 Å². The molecule has 4 nitrogen and oxygen atoms in total. The van der Waals surface area contributed by atoms with Gasteiger partial charge >= 0.3 is 5.97 Å². The first-order chi connectivity index (χ1) is 8.62. The minimum atomic E-state index is -0.365. The fraction of sp³-hybridized carbons (Fsp3) is 0.462. The standard InChI is InChI=1S/C13H18ClNO3/c1-4-11(13(16)18-5-2)15-9-6-7-10(14)12(8-9)17-3/h6-8,11,15H,4-5H2,1-3H3. The Morgan fingerprint density at radius 1 is 1.44 bits per heavy atom. The summed E-state index contributed by atoms with van der Waals surface area (Å²) < 4.78 is 10.1. The van der Waals surface area contributed by atoms with Gasteiger partial charge < -0.3 is 14.8 Å². The van der Waals surface area contributed by atoms with Crippen LogP contribution in [0.1, 0.15) is 20.3 Å². The number of benzene rings is 1. The molecule has 0 saturated heterocycles. The van der Waals surface area contributed by atoms with Crippen LogP contribution in [0.3, 0.4) is 0 Å². The van der Waals surface area contributed by atoms with Gasteiger partial charge in [-0.2, -0.15) is 0 Å². The fourth-order valence-corrected chi connectivity index (χ4v) is 1.72. The zero-order valence-electron chi connectivity index (χ0n) is 10.8. The van der Waals surface area contributed by atoms with Crippen LogP contribution in [0.25, 0.3) is 0 Å². The fourth-order valence-electron chi connectivity index (χ4n) is 1.52. The Hall–Kier alpha value is -1.42. The molecule has 0 aromatic heterocycles. The molecule has 1 aromatic carbocycles. The van der Waals surface area contributed by atoms with Gasteiger partial charge in [0.2, 0.25) is 0 Å². The number of ether oxygens (including phenoxy) is 2. The Morgan fingerprint density at radius 3 is 2.72 bits per heavy atom. The van der Waals surface area contributed by atoms with Crippen LogP contribution in [0.15, 0.2) is 18.2 Å². The van der Waals surface area contributed by atoms with Crippen LogP contribution in [-0.2, 0) is 9.53 Å². The van der Waals surface area contributed by atoms with Gasteiger partial charge in [0.05, 0.1) is 18.7 Å². The summed E-state index contributed by atoms with van der Waals surface area (Å²) in [6, 6.07) is 4.91. The van der Waals surface area contributed by atoms with Crippen LogP contribution in [0.2, 0.25) is 5.02 Å². The molecule has 100 valence electrons. The van der Waals surface area contributed by atoms with Crippen molar-refractivity contribution in [1.82, 2.24) is 0 Å². The quantitative estimate of drug-likeness (QED) is 0.808. The van der Waals surface area contributed by atoms with Gasteiger partial charge in [-0.3, -0.25) is 0 Å². The summed E-state index contributed by atoms with van der Waals surface area (Å²) >= 11 is 5.93. The van der Waals surface area contributed by atoms with Crippen LogP contribution in [0.4, 0.5) is 5.69 Å². The van der Waals surface area contributed by atoms with Crippen molar-refractivity contribution in [1.29, 1.82) is 0 Å². The van der Waals surface area contributed by atoms with Gasteiger partial charge in [0.1, 0.15) is 11.8 Å². The lowest BCUT2D eigenvalue weighted by Crippen LogP contribution is -2.30. The van der Waals surface area contributed by atoms with E-state index >= 15 is 0 Å². The highest BCUT2D eigenvalue weighted by atomic mass is 35.5. The Morgan fingerprint density at radius 2 is 2.17 bits per heavy atom. The van der Waals surface area contributed by atoms with Crippen molar-refractivity contribution < 1.29 is 14.3 Å². The van der Waals surface area contributed by atoms with Gasteiger partial charge in [-0.1, -0.05) is 18.5 Å². The van der Waals surface area contributed by atoms with E-state index in [1.807, 2.05) is 6.92 Å². The number of rotatable bonds is 6. The SMILES string of the molecule is CCOC(=O)C(CC)Nc1ccc(Cl)c(OC)c1. The molecule has 1 N–H and O–H groups in total. The van der Waals surface area contributed by atoms with Crippen molar-refractivity contribution in [3.8, 4) is 5.75 Å². The summed E-state index contributed by atoms with van der Waals surface area (Å²) in [5, 5.41) is 3.64. The van der Waals surface area contributed by atoms with Crippen LogP contribution >= 0.6 is 11.6 Å². The summed E-state index contributed by atoms with van der Waals surface area (Å²) in [7, 11) is 1.55. The number of nitrogens with one attached hydrogen (secondary N) is 1. The van der Waals surface area contributed by atoms with Crippen molar-refractivity contribution in [3.63, 3.8) is 0 Å². The molecular weight excluding hydrogens is 254 g/mol. The van der Waals surface area contributed by atoms with Gasteiger partial charge in [0, 0.05) is 11.8 Å². The molecule has 0 aliphatic rings. The van der Waals surface area contributed by atoms with Crippen molar-refractivity contribution >= 4 is 23.3 Å². The second-order valence-electron chi connectivity index (χ2n) is 3.71. The number of halogens is 1. The topological polar surface area (TPSA) is 47.6 Å². The predicted octanol–water partition coefficient (Wildman–Crippen LogP) is 3.10. The van der Waals surface area contributed by atoms with E-state index in [1.54, 1.807) is 32.2 Å². The maximum Gasteiger partial charge on any atom is 0.328 e. The molecule has 0 heterocycles. The second kappa shape index (κ2) is 7.11. The molecular formula is C13H18ClNO3. The summed E-state index contributed by atoms with van der Waals surface area (Å²) in [5.74, 6) is 0.314. The molecule has 0 fully saturated rings. The van der Waals surface area contributed by atoms with Crippen LogP contribution in [-0.4, -0.2) is 25.7 Å². The highest BCUT2D eigenvalue weighted by Gasteiger charge is 2.17. The van der Waals surface area contributed by atoms with Crippen molar-refractivity contribution in [2.45, 2.75) is 26.3 Å². The summed E-state index contributed by atoms with van der Waals surface area (Å²) in [6.45, 7) is 4.08. The van der Waals surface area contributed by atoms with Crippen molar-refractivity contribution in [2.24, 2.45) is 0 Å². The average molecular weight is 272 g/mol. The molecule has 5 heteroatoms. The van der Waals surface area contributed by atoms with E-state index in [0.29, 0.717) is 23.8 Å². The molecule has 1 aromatic rings. The van der Waals surface area contributed by atoms with E-state index in [4.69, 9.17) is 21.1 Å². The van der Waals surface area contributed by atoms with Crippen molar-refractivity contribution in [2.75, 3.05) is 19.0 Å². The number of anilines is 1. The Balaban J connectivity index is 2.78. The van der Waals surface area contributed by atoms with E-state index < -0.39 is 0 Å². The molecule has 0 aliphatic heterocycles. The first kappa shape index (κ1) is 14.6. The van der Waals surface area contributed by atoms with E-state index in [1.165, 1.54) is 0 Å². The monoisotopic (exact) mass is 271 g/mol. The molecule has 18 heavy (non-hydrogen) atoms. The zero-order chi connectivity index (χ0) is 13.5. The van der Waals surface area contributed by atoms with Crippen LogP contribution in [0.5, 0.6) is 5.75 Å². The average Bonchev–Trinajstić information content (AvgIpc) is 2.37. The third-order valence-electron chi connectivity index (χ3n) is 2.47. The minimum absolute atomic E-state index is 0.256. The maximum atomic E-state index is 11.7. The van der Waals surface area contributed by atoms with E-state index in [2.05, 4.69) is 5.32 Å². The molecule has 0 amide bonds. The summed E-state index contributed by atoms with van der Waals surface area (Å²) in [6.07, 6.45) is 0.643. The molecule has 0 aliphatic carbocycles. The normalized spacial score (nSPS) is 11.8. The maximum absolute atomic E-state index is 11.7. The minimum Gasteiger partial charge on any atom is -0.495 e. The van der Waals surface area contributed by atoms with Gasteiger partial charge in [0.25, 0.3) is 0 Å². The smallest absolute Gasteiger partial charge is 0.328 e. The van der Waals surface area contributed by atoms with Crippen molar-refractivity contribution in [3.05, 3.63) is 23.2 Å². The highest BCUT2D eigenvalue weighted by molar-refractivity contribution is 6.32. The lowest BCUT2D eigenvalue weighted by atomic mass is 10.2. The highest BCUT2D eigenvalue weighted by Crippen LogP contribution is 2.27. The zero-order valence-corrected chi connectivity index (χ0v) is 11.6. The molecule has 1 unspecified atom stereocenters. The van der Waals surface area contributed by atoms with Gasteiger partial charge in [0.15, 0.2) is 0 Å². The summed E-state index contributed by atoms with van der Waals surface area (Å²) in [4.78, 5) is 11.7. The lowest BCUT2D eigenvalue weighted by Gasteiger charge is -2.17. The predicted molar refractivity (Wildman–Crippen MR) is 72.3 cm³/mol. The van der Waals surface area contributed by atoms with E-state index in [0.717, 1.165) is 5.69 Å². The third kappa shape index (κ3) is 3.81. The second-order valence-corrected chi connectivity index (χ2v) is 4.11. The molecule has 0 radical (unpaired) electrons. The number of methoxy groups -OCH3 is 1. The molecule has 0 bridgehead atoms. The molecule has 1 atom stereocenters. The Kier molecular flexibility index (Phi) is 5.78. The number of carbonyl (C=O) groups is 1.